The Morgan fingerprint density at radius 1 is 1.17 bits per heavy atom. The fourth-order valence-electron chi connectivity index (χ4n) is 1.83. The average molecular weight is 387 g/mol. The van der Waals surface area contributed by atoms with Crippen LogP contribution in [0.15, 0.2) is 46.0 Å². The van der Waals surface area contributed by atoms with E-state index in [2.05, 4.69) is 9.71 Å². The van der Waals surface area contributed by atoms with Crippen molar-refractivity contribution in [2.24, 2.45) is 0 Å². The number of hydrogen-bond donors (Lipinski definition) is 2. The summed E-state index contributed by atoms with van der Waals surface area (Å²) in [6.07, 6.45) is 0. The SMILES string of the molecule is O=S(=O)(NCc1nc(-c2ccc(O)cc2)cs1)c1ccc(Cl)s1. The van der Waals surface area contributed by atoms with E-state index in [0.717, 1.165) is 22.6 Å². The average Bonchev–Trinajstić information content (AvgIpc) is 3.15. The van der Waals surface area contributed by atoms with Crippen LogP contribution in [-0.4, -0.2) is 18.5 Å². The molecule has 5 nitrogen and oxygen atoms in total. The second kappa shape index (κ2) is 6.58. The van der Waals surface area contributed by atoms with E-state index in [1.54, 1.807) is 30.3 Å². The minimum absolute atomic E-state index is 0.112. The van der Waals surface area contributed by atoms with E-state index in [-0.39, 0.29) is 16.5 Å². The summed E-state index contributed by atoms with van der Waals surface area (Å²) in [4.78, 5) is 4.40. The lowest BCUT2D eigenvalue weighted by Gasteiger charge is -2.02. The number of phenols is 1. The number of aromatic hydroxyl groups is 1. The van der Waals surface area contributed by atoms with Crippen LogP contribution in [0.3, 0.4) is 0 Å². The van der Waals surface area contributed by atoms with Gasteiger partial charge in [0.25, 0.3) is 0 Å². The predicted molar refractivity (Wildman–Crippen MR) is 92.6 cm³/mol. The Morgan fingerprint density at radius 3 is 2.57 bits per heavy atom. The van der Waals surface area contributed by atoms with Gasteiger partial charge in [0.2, 0.25) is 10.0 Å². The van der Waals surface area contributed by atoms with Gasteiger partial charge in [0.05, 0.1) is 16.6 Å². The summed E-state index contributed by atoms with van der Waals surface area (Å²) < 4.78 is 27.4. The van der Waals surface area contributed by atoms with Crippen molar-refractivity contribution in [3.05, 3.63) is 51.1 Å². The van der Waals surface area contributed by atoms with Gasteiger partial charge in [-0.05, 0) is 36.4 Å². The molecule has 1 aromatic carbocycles. The van der Waals surface area contributed by atoms with Gasteiger partial charge in [-0.15, -0.1) is 22.7 Å². The molecule has 0 unspecified atom stereocenters. The van der Waals surface area contributed by atoms with E-state index in [1.807, 2.05) is 5.38 Å². The molecule has 0 atom stereocenters. The lowest BCUT2D eigenvalue weighted by molar-refractivity contribution is 0.475. The van der Waals surface area contributed by atoms with Crippen LogP contribution in [0.25, 0.3) is 11.3 Å². The zero-order chi connectivity index (χ0) is 16.4. The first-order chi connectivity index (χ1) is 10.9. The molecule has 23 heavy (non-hydrogen) atoms. The molecule has 120 valence electrons. The Morgan fingerprint density at radius 2 is 1.91 bits per heavy atom. The lowest BCUT2D eigenvalue weighted by Crippen LogP contribution is -2.22. The third kappa shape index (κ3) is 3.91. The fourth-order valence-corrected chi connectivity index (χ4v) is 5.18. The monoisotopic (exact) mass is 386 g/mol. The molecule has 0 radical (unpaired) electrons. The van der Waals surface area contributed by atoms with Crippen molar-refractivity contribution in [3.63, 3.8) is 0 Å². The molecule has 0 saturated heterocycles. The predicted octanol–water partition coefficient (Wildman–Crippen LogP) is 3.71. The van der Waals surface area contributed by atoms with Crippen molar-refractivity contribution < 1.29 is 13.5 Å². The molecule has 0 bridgehead atoms. The van der Waals surface area contributed by atoms with Crippen LogP contribution in [0.2, 0.25) is 4.34 Å². The number of hydrogen-bond acceptors (Lipinski definition) is 6. The molecule has 0 fully saturated rings. The highest BCUT2D eigenvalue weighted by atomic mass is 35.5. The minimum atomic E-state index is -3.58. The van der Waals surface area contributed by atoms with Crippen LogP contribution in [0.1, 0.15) is 5.01 Å². The van der Waals surface area contributed by atoms with Gasteiger partial charge in [-0.25, -0.2) is 18.1 Å². The van der Waals surface area contributed by atoms with Gasteiger partial charge in [0.1, 0.15) is 15.0 Å². The summed E-state index contributed by atoms with van der Waals surface area (Å²) in [7, 11) is -3.58. The Hall–Kier alpha value is -1.45. The third-order valence-electron chi connectivity index (χ3n) is 2.94. The van der Waals surface area contributed by atoms with Crippen LogP contribution in [0.5, 0.6) is 5.75 Å². The van der Waals surface area contributed by atoms with Gasteiger partial charge in [0.15, 0.2) is 0 Å². The number of aromatic nitrogens is 1. The molecule has 0 aliphatic rings. The second-order valence-corrected chi connectivity index (χ2v) is 9.21. The van der Waals surface area contributed by atoms with Crippen LogP contribution >= 0.6 is 34.3 Å². The normalized spacial score (nSPS) is 11.7. The van der Waals surface area contributed by atoms with Crippen molar-refractivity contribution in [2.75, 3.05) is 0 Å². The quantitative estimate of drug-likeness (QED) is 0.700. The number of phenolic OH excluding ortho intramolecular Hbond substituents is 1. The smallest absolute Gasteiger partial charge is 0.250 e. The van der Waals surface area contributed by atoms with Crippen molar-refractivity contribution >= 4 is 44.3 Å². The number of thiazole rings is 1. The summed E-state index contributed by atoms with van der Waals surface area (Å²) >= 11 is 8.14. The van der Waals surface area contributed by atoms with Crippen LogP contribution in [0.4, 0.5) is 0 Å². The lowest BCUT2D eigenvalue weighted by atomic mass is 10.2. The summed E-state index contributed by atoms with van der Waals surface area (Å²) in [6, 6.07) is 9.69. The highest BCUT2D eigenvalue weighted by molar-refractivity contribution is 7.91. The van der Waals surface area contributed by atoms with E-state index in [0.29, 0.717) is 9.34 Å². The number of nitrogens with zero attached hydrogens (tertiary/aromatic N) is 1. The Bertz CT molecular complexity index is 917. The maximum atomic E-state index is 12.1. The van der Waals surface area contributed by atoms with Gasteiger partial charge in [0, 0.05) is 10.9 Å². The molecule has 0 saturated carbocycles. The minimum Gasteiger partial charge on any atom is -0.508 e. The highest BCUT2D eigenvalue weighted by Gasteiger charge is 2.17. The molecule has 2 N–H and O–H groups in total. The first-order valence-corrected chi connectivity index (χ1v) is 9.98. The molecule has 0 aliphatic carbocycles. The molecule has 2 aromatic heterocycles. The second-order valence-electron chi connectivity index (χ2n) is 4.56. The van der Waals surface area contributed by atoms with Crippen LogP contribution in [0, 0.1) is 0 Å². The Labute approximate surface area is 146 Å². The molecule has 2 heterocycles. The summed E-state index contributed by atoms with van der Waals surface area (Å²) in [6.45, 7) is 0.112. The van der Waals surface area contributed by atoms with Gasteiger partial charge < -0.3 is 5.11 Å². The molecular formula is C14H11ClN2O3S3. The number of benzene rings is 1. The molecule has 3 rings (SSSR count). The number of nitrogens with one attached hydrogen (secondary N) is 1. The van der Waals surface area contributed by atoms with E-state index >= 15 is 0 Å². The van der Waals surface area contributed by atoms with E-state index in [9.17, 15) is 13.5 Å². The van der Waals surface area contributed by atoms with Crippen molar-refractivity contribution in [3.8, 4) is 17.0 Å². The van der Waals surface area contributed by atoms with Crippen LogP contribution in [-0.2, 0) is 16.6 Å². The zero-order valence-electron chi connectivity index (χ0n) is 11.6. The molecule has 3 aromatic rings. The molecule has 0 spiro atoms. The number of rotatable bonds is 5. The first kappa shape index (κ1) is 16.4. The van der Waals surface area contributed by atoms with Gasteiger partial charge in [-0.3, -0.25) is 0 Å². The summed E-state index contributed by atoms with van der Waals surface area (Å²) in [5, 5.41) is 11.8. The maximum absolute atomic E-state index is 12.1. The summed E-state index contributed by atoms with van der Waals surface area (Å²) in [5.41, 5.74) is 1.60. The standard InChI is InChI=1S/C14H11ClN2O3S3/c15-12-5-6-14(22-12)23(19,20)16-7-13-17-11(8-21-13)9-1-3-10(18)4-2-9/h1-6,8,16,18H,7H2. The van der Waals surface area contributed by atoms with Gasteiger partial charge >= 0.3 is 0 Å². The van der Waals surface area contributed by atoms with E-state index < -0.39 is 10.0 Å². The Kier molecular flexibility index (Phi) is 4.69. The number of sulfonamides is 1. The van der Waals surface area contributed by atoms with Gasteiger partial charge in [-0.2, -0.15) is 0 Å². The van der Waals surface area contributed by atoms with Crippen molar-refractivity contribution in [1.82, 2.24) is 9.71 Å². The summed E-state index contributed by atoms with van der Waals surface area (Å²) in [5.74, 6) is 0.187. The highest BCUT2D eigenvalue weighted by Crippen LogP contribution is 2.26. The topological polar surface area (TPSA) is 79.3 Å². The van der Waals surface area contributed by atoms with Gasteiger partial charge in [-0.1, -0.05) is 11.6 Å². The van der Waals surface area contributed by atoms with Crippen molar-refractivity contribution in [2.45, 2.75) is 10.8 Å². The zero-order valence-corrected chi connectivity index (χ0v) is 14.8. The maximum Gasteiger partial charge on any atom is 0.250 e. The molecule has 0 aliphatic heterocycles. The molecule has 9 heteroatoms. The van der Waals surface area contributed by atoms with E-state index in [4.69, 9.17) is 11.6 Å². The molecule has 0 amide bonds. The first-order valence-electron chi connectivity index (χ1n) is 6.43. The van der Waals surface area contributed by atoms with E-state index in [1.165, 1.54) is 17.4 Å². The largest absolute Gasteiger partial charge is 0.508 e. The Balaban J connectivity index is 1.71. The third-order valence-corrected chi connectivity index (χ3v) is 6.91. The number of halogens is 1. The number of thiophene rings is 1. The van der Waals surface area contributed by atoms with Crippen molar-refractivity contribution in [1.29, 1.82) is 0 Å². The molecular weight excluding hydrogens is 376 g/mol. The fraction of sp³-hybridized carbons (Fsp3) is 0.0714. The van der Waals surface area contributed by atoms with Crippen LogP contribution < -0.4 is 4.72 Å².